The van der Waals surface area contributed by atoms with Gasteiger partial charge in [0.1, 0.15) is 0 Å². The fraction of sp³-hybridized carbons (Fsp3) is 0.818. The highest BCUT2D eigenvalue weighted by Gasteiger charge is 2.15. The second kappa shape index (κ2) is 5.30. The minimum atomic E-state index is -0.191. The lowest BCUT2D eigenvalue weighted by Crippen LogP contribution is -2.32. The molecule has 0 aliphatic carbocycles. The van der Waals surface area contributed by atoms with E-state index in [1.54, 1.807) is 0 Å². The molecule has 1 heterocycles. The van der Waals surface area contributed by atoms with Crippen LogP contribution in [-0.2, 0) is 6.42 Å². The van der Waals surface area contributed by atoms with E-state index in [4.69, 9.17) is 10.3 Å². The van der Waals surface area contributed by atoms with E-state index >= 15 is 0 Å². The second-order valence-corrected chi connectivity index (χ2v) is 4.65. The Kier molecular flexibility index (Phi) is 4.29. The van der Waals surface area contributed by atoms with Crippen molar-refractivity contribution in [2.45, 2.75) is 46.1 Å². The Labute approximate surface area is 97.0 Å². The second-order valence-electron chi connectivity index (χ2n) is 4.65. The Morgan fingerprint density at radius 1 is 1.31 bits per heavy atom. The third-order valence-electron chi connectivity index (χ3n) is 2.49. The van der Waals surface area contributed by atoms with Gasteiger partial charge in [0, 0.05) is 25.0 Å². The highest BCUT2D eigenvalue weighted by atomic mass is 16.5. The summed E-state index contributed by atoms with van der Waals surface area (Å²) in [5.74, 6) is 1.34. The van der Waals surface area contributed by atoms with Crippen molar-refractivity contribution in [1.82, 2.24) is 10.1 Å². The molecule has 0 saturated heterocycles. The van der Waals surface area contributed by atoms with Crippen LogP contribution in [0.4, 0.5) is 5.95 Å². The maximum atomic E-state index is 5.90. The van der Waals surface area contributed by atoms with Crippen LogP contribution in [0.15, 0.2) is 4.52 Å². The first-order chi connectivity index (χ1) is 7.46. The highest BCUT2D eigenvalue weighted by molar-refractivity contribution is 5.26. The summed E-state index contributed by atoms with van der Waals surface area (Å²) in [6.07, 6.45) is 1.57. The topological polar surface area (TPSA) is 68.2 Å². The molecule has 2 N–H and O–H groups in total. The molecular weight excluding hydrogens is 204 g/mol. The minimum Gasteiger partial charge on any atom is -0.339 e. The van der Waals surface area contributed by atoms with Gasteiger partial charge in [0.15, 0.2) is 0 Å². The van der Waals surface area contributed by atoms with Crippen LogP contribution in [0, 0.1) is 0 Å². The average molecular weight is 226 g/mol. The molecule has 0 aliphatic rings. The van der Waals surface area contributed by atoms with Crippen molar-refractivity contribution >= 4 is 5.95 Å². The zero-order chi connectivity index (χ0) is 12.2. The van der Waals surface area contributed by atoms with Gasteiger partial charge < -0.3 is 15.2 Å². The van der Waals surface area contributed by atoms with Crippen LogP contribution in [0.3, 0.4) is 0 Å². The molecule has 0 fully saturated rings. The summed E-state index contributed by atoms with van der Waals surface area (Å²) in [6.45, 7) is 9.91. The third kappa shape index (κ3) is 3.81. The Balaban J connectivity index is 2.58. The average Bonchev–Trinajstić information content (AvgIpc) is 2.65. The Hall–Kier alpha value is -1.10. The monoisotopic (exact) mass is 226 g/mol. The Bertz CT molecular complexity index is 312. The summed E-state index contributed by atoms with van der Waals surface area (Å²) in [7, 11) is 0. The predicted molar refractivity (Wildman–Crippen MR) is 64.4 cm³/mol. The van der Waals surface area contributed by atoms with Crippen molar-refractivity contribution in [3.63, 3.8) is 0 Å². The number of hydrogen-bond acceptors (Lipinski definition) is 5. The first-order valence-electron chi connectivity index (χ1n) is 5.82. The number of rotatable bonds is 6. The summed E-state index contributed by atoms with van der Waals surface area (Å²) >= 11 is 0. The smallest absolute Gasteiger partial charge is 0.266 e. The number of nitrogens with two attached hydrogens (primary N) is 1. The standard InChI is InChI=1S/C11H22N4O/c1-5-15(6-2)10-13-9(16-14-10)7-8-11(3,4)12/h5-8,12H2,1-4H3. The maximum absolute atomic E-state index is 5.90. The molecule has 0 bridgehead atoms. The molecule has 0 spiro atoms. The van der Waals surface area contributed by atoms with Gasteiger partial charge in [-0.3, -0.25) is 0 Å². The number of hydrogen-bond donors (Lipinski definition) is 1. The summed E-state index contributed by atoms with van der Waals surface area (Å²) in [5.41, 5.74) is 5.71. The quantitative estimate of drug-likeness (QED) is 0.797. The van der Waals surface area contributed by atoms with Crippen LogP contribution in [0.1, 0.15) is 40.0 Å². The van der Waals surface area contributed by atoms with Gasteiger partial charge in [-0.2, -0.15) is 4.98 Å². The Morgan fingerprint density at radius 2 is 1.94 bits per heavy atom. The molecule has 0 unspecified atom stereocenters. The number of aryl methyl sites for hydroxylation is 1. The Morgan fingerprint density at radius 3 is 2.44 bits per heavy atom. The highest BCUT2D eigenvalue weighted by Crippen LogP contribution is 2.13. The molecule has 1 aromatic rings. The molecule has 5 heteroatoms. The van der Waals surface area contributed by atoms with Crippen molar-refractivity contribution in [2.24, 2.45) is 5.73 Å². The normalized spacial score (nSPS) is 11.8. The molecule has 5 nitrogen and oxygen atoms in total. The van der Waals surface area contributed by atoms with Crippen molar-refractivity contribution < 1.29 is 4.52 Å². The molecule has 92 valence electrons. The van der Waals surface area contributed by atoms with Crippen LogP contribution in [0.25, 0.3) is 0 Å². The molecular formula is C11H22N4O. The predicted octanol–water partition coefficient (Wildman–Crippen LogP) is 1.59. The van der Waals surface area contributed by atoms with E-state index in [1.807, 2.05) is 13.8 Å². The summed E-state index contributed by atoms with van der Waals surface area (Å²) in [5, 5.41) is 3.96. The molecule has 0 saturated carbocycles. The maximum Gasteiger partial charge on any atom is 0.266 e. The van der Waals surface area contributed by atoms with E-state index in [1.165, 1.54) is 0 Å². The fourth-order valence-electron chi connectivity index (χ4n) is 1.41. The zero-order valence-electron chi connectivity index (χ0n) is 10.7. The summed E-state index contributed by atoms with van der Waals surface area (Å²) in [6, 6.07) is 0. The number of aromatic nitrogens is 2. The first-order valence-corrected chi connectivity index (χ1v) is 5.82. The van der Waals surface area contributed by atoms with Crippen molar-refractivity contribution in [2.75, 3.05) is 18.0 Å². The van der Waals surface area contributed by atoms with Crippen LogP contribution in [0.5, 0.6) is 0 Å². The van der Waals surface area contributed by atoms with Gasteiger partial charge >= 0.3 is 0 Å². The number of nitrogens with zero attached hydrogens (tertiary/aromatic N) is 3. The molecule has 0 atom stereocenters. The van der Waals surface area contributed by atoms with Crippen molar-refractivity contribution in [3.05, 3.63) is 5.89 Å². The molecule has 0 aromatic carbocycles. The summed E-state index contributed by atoms with van der Waals surface area (Å²) < 4.78 is 5.19. The fourth-order valence-corrected chi connectivity index (χ4v) is 1.41. The zero-order valence-corrected chi connectivity index (χ0v) is 10.7. The minimum absolute atomic E-state index is 0.191. The number of anilines is 1. The van der Waals surface area contributed by atoms with Crippen LogP contribution in [0.2, 0.25) is 0 Å². The summed E-state index contributed by atoms with van der Waals surface area (Å²) in [4.78, 5) is 6.40. The lowest BCUT2D eigenvalue weighted by molar-refractivity contribution is 0.357. The van der Waals surface area contributed by atoms with E-state index in [0.717, 1.165) is 25.9 Å². The van der Waals surface area contributed by atoms with E-state index in [0.29, 0.717) is 11.8 Å². The van der Waals surface area contributed by atoms with Gasteiger partial charge in [0.2, 0.25) is 5.89 Å². The lowest BCUT2D eigenvalue weighted by atomic mass is 10.0. The van der Waals surface area contributed by atoms with Crippen LogP contribution < -0.4 is 10.6 Å². The molecule has 16 heavy (non-hydrogen) atoms. The third-order valence-corrected chi connectivity index (χ3v) is 2.49. The van der Waals surface area contributed by atoms with Gasteiger partial charge in [-0.1, -0.05) is 0 Å². The molecule has 0 amide bonds. The van der Waals surface area contributed by atoms with E-state index in [-0.39, 0.29) is 5.54 Å². The van der Waals surface area contributed by atoms with Crippen molar-refractivity contribution in [1.29, 1.82) is 0 Å². The van der Waals surface area contributed by atoms with Gasteiger partial charge in [-0.05, 0) is 39.3 Å². The van der Waals surface area contributed by atoms with Crippen LogP contribution >= 0.6 is 0 Å². The van der Waals surface area contributed by atoms with Gasteiger partial charge in [0.25, 0.3) is 5.95 Å². The molecule has 1 rings (SSSR count). The van der Waals surface area contributed by atoms with E-state index < -0.39 is 0 Å². The molecule has 0 radical (unpaired) electrons. The van der Waals surface area contributed by atoms with E-state index in [9.17, 15) is 0 Å². The van der Waals surface area contributed by atoms with Crippen LogP contribution in [-0.4, -0.2) is 28.8 Å². The molecule has 1 aromatic heterocycles. The van der Waals surface area contributed by atoms with Gasteiger partial charge in [-0.25, -0.2) is 0 Å². The van der Waals surface area contributed by atoms with Gasteiger partial charge in [-0.15, -0.1) is 0 Å². The first kappa shape index (κ1) is 13.0. The van der Waals surface area contributed by atoms with Gasteiger partial charge in [0.05, 0.1) is 0 Å². The lowest BCUT2D eigenvalue weighted by Gasteiger charge is -2.16. The largest absolute Gasteiger partial charge is 0.339 e. The van der Waals surface area contributed by atoms with Crippen molar-refractivity contribution in [3.8, 4) is 0 Å². The SMILES string of the molecule is CCN(CC)c1noc(CCC(C)(C)N)n1. The van der Waals surface area contributed by atoms with E-state index in [2.05, 4.69) is 28.9 Å². The molecule has 0 aliphatic heterocycles.